The van der Waals surface area contributed by atoms with Gasteiger partial charge in [0, 0.05) is 11.9 Å². The third kappa shape index (κ3) is 4.49. The fourth-order valence-corrected chi connectivity index (χ4v) is 3.92. The second kappa shape index (κ2) is 7.84. The number of carbonyl (C=O) groups is 1. The molecule has 0 radical (unpaired) electrons. The van der Waals surface area contributed by atoms with Crippen LogP contribution in [0.2, 0.25) is 0 Å². The van der Waals surface area contributed by atoms with Crippen molar-refractivity contribution in [3.63, 3.8) is 0 Å². The van der Waals surface area contributed by atoms with E-state index in [4.69, 9.17) is 4.52 Å². The van der Waals surface area contributed by atoms with Crippen LogP contribution >= 0.6 is 23.1 Å². The maximum Gasteiger partial charge on any atom is 0.246 e. The molecule has 7 heteroatoms. The standard InChI is InChI=1S/C18H19N3O2S2/c1-12-6-8-14(9-7-12)25-13(2)18(22)21(3)11-16-19-17(20-23-16)15-5-4-10-24-15/h4-10,13H,11H2,1-3H3/t13-/m1/s1. The van der Waals surface area contributed by atoms with E-state index in [1.54, 1.807) is 35.0 Å². The van der Waals surface area contributed by atoms with E-state index < -0.39 is 0 Å². The lowest BCUT2D eigenvalue weighted by atomic mass is 10.2. The molecule has 2 aromatic heterocycles. The summed E-state index contributed by atoms with van der Waals surface area (Å²) in [6.45, 7) is 4.26. The van der Waals surface area contributed by atoms with Gasteiger partial charge in [-0.3, -0.25) is 4.79 Å². The van der Waals surface area contributed by atoms with Crippen LogP contribution in [0, 0.1) is 6.92 Å². The average molecular weight is 374 g/mol. The van der Waals surface area contributed by atoms with E-state index >= 15 is 0 Å². The summed E-state index contributed by atoms with van der Waals surface area (Å²) in [5, 5.41) is 5.75. The van der Waals surface area contributed by atoms with Crippen LogP contribution in [0.1, 0.15) is 18.4 Å². The Morgan fingerprint density at radius 2 is 2.08 bits per heavy atom. The zero-order valence-electron chi connectivity index (χ0n) is 14.3. The van der Waals surface area contributed by atoms with Crippen molar-refractivity contribution >= 4 is 29.0 Å². The highest BCUT2D eigenvalue weighted by Crippen LogP contribution is 2.25. The number of carbonyl (C=O) groups excluding carboxylic acids is 1. The SMILES string of the molecule is Cc1ccc(S[C@H](C)C(=O)N(C)Cc2nc(-c3cccs3)no2)cc1. The Bertz CT molecular complexity index is 828. The van der Waals surface area contributed by atoms with Gasteiger partial charge >= 0.3 is 0 Å². The van der Waals surface area contributed by atoms with Gasteiger partial charge in [0.1, 0.15) is 0 Å². The van der Waals surface area contributed by atoms with Crippen LogP contribution in [0.3, 0.4) is 0 Å². The fraction of sp³-hybridized carbons (Fsp3) is 0.278. The van der Waals surface area contributed by atoms with Gasteiger partial charge in [0.05, 0.1) is 16.7 Å². The van der Waals surface area contributed by atoms with Crippen molar-refractivity contribution in [3.05, 3.63) is 53.2 Å². The number of hydrogen-bond acceptors (Lipinski definition) is 6. The van der Waals surface area contributed by atoms with Gasteiger partial charge in [-0.1, -0.05) is 28.9 Å². The number of thiophene rings is 1. The van der Waals surface area contributed by atoms with Crippen molar-refractivity contribution in [1.29, 1.82) is 0 Å². The Morgan fingerprint density at radius 3 is 2.76 bits per heavy atom. The van der Waals surface area contributed by atoms with Crippen molar-refractivity contribution in [2.75, 3.05) is 7.05 Å². The molecule has 0 aliphatic rings. The third-order valence-corrected chi connectivity index (χ3v) is 5.61. The summed E-state index contributed by atoms with van der Waals surface area (Å²) in [7, 11) is 1.75. The number of benzene rings is 1. The van der Waals surface area contributed by atoms with Crippen LogP contribution in [-0.2, 0) is 11.3 Å². The minimum absolute atomic E-state index is 0.0291. The van der Waals surface area contributed by atoms with E-state index in [9.17, 15) is 4.79 Å². The van der Waals surface area contributed by atoms with Crippen molar-refractivity contribution < 1.29 is 9.32 Å². The summed E-state index contributed by atoms with van der Waals surface area (Å²) in [6, 6.07) is 12.1. The number of nitrogens with zero attached hydrogens (tertiary/aromatic N) is 3. The average Bonchev–Trinajstić information content (AvgIpc) is 3.27. The number of aromatic nitrogens is 2. The topological polar surface area (TPSA) is 59.2 Å². The highest BCUT2D eigenvalue weighted by atomic mass is 32.2. The first-order valence-corrected chi connectivity index (χ1v) is 9.63. The quantitative estimate of drug-likeness (QED) is 0.605. The smallest absolute Gasteiger partial charge is 0.246 e. The van der Waals surface area contributed by atoms with Gasteiger partial charge < -0.3 is 9.42 Å². The summed E-state index contributed by atoms with van der Waals surface area (Å²) in [5.41, 5.74) is 1.21. The minimum Gasteiger partial charge on any atom is -0.337 e. The molecule has 0 saturated carbocycles. The van der Waals surface area contributed by atoms with Crippen LogP contribution in [0.4, 0.5) is 0 Å². The largest absolute Gasteiger partial charge is 0.337 e. The van der Waals surface area contributed by atoms with E-state index in [0.29, 0.717) is 18.3 Å². The molecule has 1 amide bonds. The summed E-state index contributed by atoms with van der Waals surface area (Å²) in [6.07, 6.45) is 0. The van der Waals surface area contributed by atoms with Crippen LogP contribution < -0.4 is 0 Å². The Labute approximate surface area is 155 Å². The molecule has 25 heavy (non-hydrogen) atoms. The minimum atomic E-state index is -0.188. The fourth-order valence-electron chi connectivity index (χ4n) is 2.29. The molecule has 0 bridgehead atoms. The molecule has 0 saturated heterocycles. The number of hydrogen-bond donors (Lipinski definition) is 0. The van der Waals surface area contributed by atoms with Crippen molar-refractivity contribution in [2.24, 2.45) is 0 Å². The van der Waals surface area contributed by atoms with Crippen LogP contribution in [0.5, 0.6) is 0 Å². The van der Waals surface area contributed by atoms with Gasteiger partial charge in [-0.2, -0.15) is 4.98 Å². The Kier molecular flexibility index (Phi) is 5.55. The summed E-state index contributed by atoms with van der Waals surface area (Å²) >= 11 is 3.10. The molecule has 2 heterocycles. The molecule has 5 nitrogen and oxygen atoms in total. The zero-order valence-corrected chi connectivity index (χ0v) is 15.9. The van der Waals surface area contributed by atoms with Gasteiger partial charge in [0.25, 0.3) is 0 Å². The predicted molar refractivity (Wildman–Crippen MR) is 101 cm³/mol. The van der Waals surface area contributed by atoms with Crippen molar-refractivity contribution in [3.8, 4) is 10.7 Å². The van der Waals surface area contributed by atoms with Crippen molar-refractivity contribution in [1.82, 2.24) is 15.0 Å². The lowest BCUT2D eigenvalue weighted by Gasteiger charge is -2.19. The molecule has 0 spiro atoms. The van der Waals surface area contributed by atoms with Gasteiger partial charge in [-0.15, -0.1) is 23.1 Å². The molecule has 0 aliphatic heterocycles. The van der Waals surface area contributed by atoms with Crippen LogP contribution in [0.25, 0.3) is 10.7 Å². The highest BCUT2D eigenvalue weighted by Gasteiger charge is 2.21. The monoisotopic (exact) mass is 373 g/mol. The Hall–Kier alpha value is -2.12. The van der Waals surface area contributed by atoms with E-state index in [1.807, 2.05) is 55.6 Å². The second-order valence-electron chi connectivity index (χ2n) is 5.76. The maximum atomic E-state index is 12.6. The number of amides is 1. The molecule has 1 aromatic carbocycles. The van der Waals surface area contributed by atoms with Gasteiger partial charge in [0.2, 0.25) is 17.6 Å². The molecule has 1 atom stereocenters. The van der Waals surface area contributed by atoms with Gasteiger partial charge in [-0.25, -0.2) is 0 Å². The molecule has 0 fully saturated rings. The van der Waals surface area contributed by atoms with Crippen LogP contribution in [-0.4, -0.2) is 33.2 Å². The van der Waals surface area contributed by atoms with Gasteiger partial charge in [0.15, 0.2) is 0 Å². The predicted octanol–water partition coefficient (Wildman–Crippen LogP) is 4.25. The Morgan fingerprint density at radius 1 is 1.32 bits per heavy atom. The molecule has 3 rings (SSSR count). The third-order valence-electron chi connectivity index (χ3n) is 3.64. The number of thioether (sulfide) groups is 1. The van der Waals surface area contributed by atoms with E-state index in [2.05, 4.69) is 10.1 Å². The Balaban J connectivity index is 1.59. The molecule has 0 N–H and O–H groups in total. The first-order chi connectivity index (χ1) is 12.0. The normalized spacial score (nSPS) is 12.1. The van der Waals surface area contributed by atoms with E-state index in [0.717, 1.165) is 9.77 Å². The molecular formula is C18H19N3O2S2. The highest BCUT2D eigenvalue weighted by molar-refractivity contribution is 8.00. The second-order valence-corrected chi connectivity index (χ2v) is 8.12. The lowest BCUT2D eigenvalue weighted by Crippen LogP contribution is -2.32. The number of aryl methyl sites for hydroxylation is 1. The summed E-state index contributed by atoms with van der Waals surface area (Å²) in [4.78, 5) is 20.6. The summed E-state index contributed by atoms with van der Waals surface area (Å²) < 4.78 is 5.27. The van der Waals surface area contributed by atoms with Gasteiger partial charge in [-0.05, 0) is 37.4 Å². The van der Waals surface area contributed by atoms with E-state index in [1.165, 1.54) is 5.56 Å². The molecular weight excluding hydrogens is 354 g/mol. The van der Waals surface area contributed by atoms with Crippen molar-refractivity contribution in [2.45, 2.75) is 30.5 Å². The molecule has 0 unspecified atom stereocenters. The lowest BCUT2D eigenvalue weighted by molar-refractivity contribution is -0.129. The van der Waals surface area contributed by atoms with E-state index in [-0.39, 0.29) is 11.2 Å². The zero-order chi connectivity index (χ0) is 17.8. The summed E-state index contributed by atoms with van der Waals surface area (Å²) in [5.74, 6) is 1.03. The number of rotatable bonds is 6. The first kappa shape index (κ1) is 17.7. The molecule has 0 aliphatic carbocycles. The molecule has 3 aromatic rings. The first-order valence-electron chi connectivity index (χ1n) is 7.87. The maximum absolute atomic E-state index is 12.6. The molecule has 130 valence electrons. The van der Waals surface area contributed by atoms with Crippen LogP contribution in [0.15, 0.2) is 51.2 Å².